The number of aliphatic imine (C=N–C) groups is 1. The number of sulfone groups is 1. The summed E-state index contributed by atoms with van der Waals surface area (Å²) in [7, 11) is -3.15. The van der Waals surface area contributed by atoms with Gasteiger partial charge in [-0.25, -0.2) is 8.42 Å². The fourth-order valence-corrected chi connectivity index (χ4v) is 3.13. The van der Waals surface area contributed by atoms with Gasteiger partial charge >= 0.3 is 0 Å². The lowest BCUT2D eigenvalue weighted by Crippen LogP contribution is -2.38. The van der Waals surface area contributed by atoms with Crippen molar-refractivity contribution in [3.8, 4) is 0 Å². The summed E-state index contributed by atoms with van der Waals surface area (Å²) in [6.07, 6.45) is 4.45. The van der Waals surface area contributed by atoms with Crippen molar-refractivity contribution in [3.05, 3.63) is 54.0 Å². The van der Waals surface area contributed by atoms with E-state index in [9.17, 15) is 8.42 Å². The molecular formula is C20H29N3O4S. The predicted molar refractivity (Wildman–Crippen MR) is 110 cm³/mol. The van der Waals surface area contributed by atoms with E-state index >= 15 is 0 Å². The Hall–Kier alpha value is -2.32. The van der Waals surface area contributed by atoms with Crippen molar-refractivity contribution >= 4 is 15.8 Å². The SMILES string of the molecule is CCNC(=NCCCOCc1ccco1)NCCc1ccc(S(C)(=O)=O)cc1. The summed E-state index contributed by atoms with van der Waals surface area (Å²) >= 11 is 0. The van der Waals surface area contributed by atoms with Crippen LogP contribution < -0.4 is 10.6 Å². The van der Waals surface area contributed by atoms with Crippen LogP contribution in [0.25, 0.3) is 0 Å². The number of guanidine groups is 1. The molecule has 2 rings (SSSR count). The number of benzene rings is 1. The average molecular weight is 408 g/mol. The third-order valence-electron chi connectivity index (χ3n) is 3.94. The largest absolute Gasteiger partial charge is 0.467 e. The molecule has 0 bridgehead atoms. The van der Waals surface area contributed by atoms with Gasteiger partial charge in [-0.3, -0.25) is 4.99 Å². The van der Waals surface area contributed by atoms with Gasteiger partial charge in [0.2, 0.25) is 0 Å². The van der Waals surface area contributed by atoms with E-state index in [-0.39, 0.29) is 0 Å². The zero-order chi connectivity index (χ0) is 20.2. The molecule has 0 radical (unpaired) electrons. The van der Waals surface area contributed by atoms with Gasteiger partial charge < -0.3 is 19.8 Å². The van der Waals surface area contributed by atoms with Crippen LogP contribution in [0.1, 0.15) is 24.7 Å². The molecule has 28 heavy (non-hydrogen) atoms. The second kappa shape index (κ2) is 11.5. The molecule has 2 aromatic rings. The summed E-state index contributed by atoms with van der Waals surface area (Å²) in [4.78, 5) is 4.88. The molecule has 0 spiro atoms. The molecule has 0 aliphatic rings. The first-order valence-corrected chi connectivity index (χ1v) is 11.3. The fourth-order valence-electron chi connectivity index (χ4n) is 2.50. The summed E-state index contributed by atoms with van der Waals surface area (Å²) in [5, 5.41) is 6.51. The predicted octanol–water partition coefficient (Wildman–Crippen LogP) is 2.39. The van der Waals surface area contributed by atoms with Crippen LogP contribution >= 0.6 is 0 Å². The van der Waals surface area contributed by atoms with E-state index in [1.54, 1.807) is 18.4 Å². The van der Waals surface area contributed by atoms with Gasteiger partial charge in [0, 0.05) is 32.5 Å². The van der Waals surface area contributed by atoms with Crippen molar-refractivity contribution in [1.29, 1.82) is 0 Å². The zero-order valence-corrected chi connectivity index (χ0v) is 17.3. The monoisotopic (exact) mass is 407 g/mol. The van der Waals surface area contributed by atoms with Crippen LogP contribution in [0.2, 0.25) is 0 Å². The van der Waals surface area contributed by atoms with Crippen molar-refractivity contribution in [1.82, 2.24) is 10.6 Å². The highest BCUT2D eigenvalue weighted by atomic mass is 32.2. The van der Waals surface area contributed by atoms with Crippen molar-refractivity contribution < 1.29 is 17.6 Å². The molecule has 1 heterocycles. The minimum atomic E-state index is -3.15. The third kappa shape index (κ3) is 8.14. The molecule has 1 aromatic carbocycles. The van der Waals surface area contributed by atoms with Crippen molar-refractivity contribution in [2.75, 3.05) is 32.5 Å². The molecule has 0 saturated heterocycles. The van der Waals surface area contributed by atoms with Crippen LogP contribution in [0.4, 0.5) is 0 Å². The Kier molecular flexibility index (Phi) is 9.03. The Morgan fingerprint density at radius 3 is 2.61 bits per heavy atom. The molecule has 1 aromatic heterocycles. The topological polar surface area (TPSA) is 92.9 Å². The number of furan rings is 1. The summed E-state index contributed by atoms with van der Waals surface area (Å²) < 4.78 is 33.7. The molecule has 0 aliphatic heterocycles. The maximum absolute atomic E-state index is 11.5. The van der Waals surface area contributed by atoms with E-state index in [1.807, 2.05) is 31.2 Å². The smallest absolute Gasteiger partial charge is 0.191 e. The lowest BCUT2D eigenvalue weighted by atomic mass is 10.1. The summed E-state index contributed by atoms with van der Waals surface area (Å²) in [6, 6.07) is 10.7. The van der Waals surface area contributed by atoms with Crippen LogP contribution in [0, 0.1) is 0 Å². The second-order valence-electron chi connectivity index (χ2n) is 6.34. The number of rotatable bonds is 11. The Morgan fingerprint density at radius 1 is 1.18 bits per heavy atom. The Morgan fingerprint density at radius 2 is 1.96 bits per heavy atom. The number of hydrogen-bond acceptors (Lipinski definition) is 5. The lowest BCUT2D eigenvalue weighted by molar-refractivity contribution is 0.105. The van der Waals surface area contributed by atoms with E-state index < -0.39 is 9.84 Å². The maximum Gasteiger partial charge on any atom is 0.191 e. The van der Waals surface area contributed by atoms with E-state index in [4.69, 9.17) is 9.15 Å². The van der Waals surface area contributed by atoms with Gasteiger partial charge in [0.05, 0.1) is 11.2 Å². The minimum Gasteiger partial charge on any atom is -0.467 e. The summed E-state index contributed by atoms with van der Waals surface area (Å²) in [5.74, 6) is 1.59. The van der Waals surface area contributed by atoms with Crippen LogP contribution in [-0.2, 0) is 27.6 Å². The molecular weight excluding hydrogens is 378 g/mol. The molecule has 2 N–H and O–H groups in total. The first kappa shape index (κ1) is 22.0. The van der Waals surface area contributed by atoms with E-state index in [0.29, 0.717) is 31.2 Å². The number of ether oxygens (including phenoxy) is 1. The van der Waals surface area contributed by atoms with Gasteiger partial charge in [-0.2, -0.15) is 0 Å². The van der Waals surface area contributed by atoms with Crippen molar-refractivity contribution in [3.63, 3.8) is 0 Å². The molecule has 154 valence electrons. The summed E-state index contributed by atoms with van der Waals surface area (Å²) in [6.45, 7) is 5.27. The maximum atomic E-state index is 11.5. The van der Waals surface area contributed by atoms with Crippen LogP contribution in [0.15, 0.2) is 57.0 Å². The van der Waals surface area contributed by atoms with Gasteiger partial charge in [0.15, 0.2) is 15.8 Å². The van der Waals surface area contributed by atoms with Crippen LogP contribution in [-0.4, -0.2) is 46.9 Å². The molecule has 7 nitrogen and oxygen atoms in total. The molecule has 0 unspecified atom stereocenters. The lowest BCUT2D eigenvalue weighted by Gasteiger charge is -2.11. The van der Waals surface area contributed by atoms with Gasteiger partial charge in [0.25, 0.3) is 0 Å². The van der Waals surface area contributed by atoms with Gasteiger partial charge in [-0.15, -0.1) is 0 Å². The van der Waals surface area contributed by atoms with E-state index in [2.05, 4.69) is 15.6 Å². The molecule has 0 saturated carbocycles. The highest BCUT2D eigenvalue weighted by Gasteiger charge is 2.06. The third-order valence-corrected chi connectivity index (χ3v) is 5.07. The van der Waals surface area contributed by atoms with Gasteiger partial charge in [-0.1, -0.05) is 12.1 Å². The first-order chi connectivity index (χ1) is 13.5. The number of hydrogen-bond donors (Lipinski definition) is 2. The van der Waals surface area contributed by atoms with E-state index in [1.165, 1.54) is 6.26 Å². The van der Waals surface area contributed by atoms with Crippen LogP contribution in [0.5, 0.6) is 0 Å². The van der Waals surface area contributed by atoms with Gasteiger partial charge in [0.1, 0.15) is 12.4 Å². The van der Waals surface area contributed by atoms with Gasteiger partial charge in [-0.05, 0) is 49.6 Å². The standard InChI is InChI=1S/C20H29N3O4S/c1-3-21-20(22-12-5-14-26-16-18-6-4-15-27-18)23-13-11-17-7-9-19(10-8-17)28(2,24)25/h4,6-10,15H,3,5,11-14,16H2,1-2H3,(H2,21,22,23). The van der Waals surface area contributed by atoms with Crippen molar-refractivity contribution in [2.45, 2.75) is 31.3 Å². The Bertz CT molecular complexity index is 816. The quantitative estimate of drug-likeness (QED) is 0.338. The number of nitrogens with zero attached hydrogens (tertiary/aromatic N) is 1. The molecule has 0 amide bonds. The highest BCUT2D eigenvalue weighted by molar-refractivity contribution is 7.90. The zero-order valence-electron chi connectivity index (χ0n) is 16.5. The minimum absolute atomic E-state index is 0.341. The van der Waals surface area contributed by atoms with Crippen molar-refractivity contribution in [2.24, 2.45) is 4.99 Å². The molecule has 8 heteroatoms. The normalized spacial score (nSPS) is 12.1. The second-order valence-corrected chi connectivity index (χ2v) is 8.35. The number of nitrogens with one attached hydrogen (secondary N) is 2. The van der Waals surface area contributed by atoms with E-state index in [0.717, 1.165) is 36.7 Å². The highest BCUT2D eigenvalue weighted by Crippen LogP contribution is 2.10. The average Bonchev–Trinajstić information content (AvgIpc) is 3.17. The summed E-state index contributed by atoms with van der Waals surface area (Å²) in [5.41, 5.74) is 1.07. The van der Waals surface area contributed by atoms with Crippen LogP contribution in [0.3, 0.4) is 0 Å². The Labute approximate surface area is 167 Å². The molecule has 0 fully saturated rings. The first-order valence-electron chi connectivity index (χ1n) is 9.40. The fraction of sp³-hybridized carbons (Fsp3) is 0.450. The Balaban J connectivity index is 1.68. The molecule has 0 atom stereocenters. The molecule has 0 aliphatic carbocycles.